The first-order valence-electron chi connectivity index (χ1n) is 5.35. The lowest BCUT2D eigenvalue weighted by Gasteiger charge is -2.09. The average molecular weight is 314 g/mol. The van der Waals surface area contributed by atoms with Crippen molar-refractivity contribution in [3.8, 4) is 11.6 Å². The maximum Gasteiger partial charge on any atom is 0.376 e. The van der Waals surface area contributed by atoms with Gasteiger partial charge >= 0.3 is 5.97 Å². The van der Waals surface area contributed by atoms with E-state index in [-0.39, 0.29) is 28.2 Å². The van der Waals surface area contributed by atoms with E-state index >= 15 is 0 Å². The Labute approximate surface area is 124 Å². The molecule has 2 N–H and O–H groups in total. The summed E-state index contributed by atoms with van der Waals surface area (Å²) in [5, 5.41) is 0.604. The van der Waals surface area contributed by atoms with Crippen LogP contribution in [0.4, 0.5) is 5.69 Å². The van der Waals surface area contributed by atoms with Gasteiger partial charge in [-0.3, -0.25) is 0 Å². The zero-order chi connectivity index (χ0) is 14.7. The van der Waals surface area contributed by atoms with Gasteiger partial charge in [0.05, 0.1) is 22.8 Å². The minimum absolute atomic E-state index is 0.122. The molecule has 1 aromatic carbocycles. The number of carbonyl (C=O) groups is 1. The smallest absolute Gasteiger partial charge is 0.376 e. The Morgan fingerprint density at radius 2 is 2.00 bits per heavy atom. The van der Waals surface area contributed by atoms with Gasteiger partial charge in [-0.1, -0.05) is 23.2 Å². The first kappa shape index (κ1) is 14.4. The summed E-state index contributed by atoms with van der Waals surface area (Å²) in [4.78, 5) is 19.0. The molecule has 8 heteroatoms. The maximum atomic E-state index is 11.3. The van der Waals surface area contributed by atoms with E-state index in [0.29, 0.717) is 5.02 Å². The number of nitrogen functional groups attached to an aromatic ring is 1. The minimum Gasteiger partial charge on any atom is -0.463 e. The van der Waals surface area contributed by atoms with Gasteiger partial charge in [-0.25, -0.2) is 9.78 Å². The molecule has 0 atom stereocenters. The Hall–Kier alpha value is -2.05. The van der Waals surface area contributed by atoms with E-state index in [1.807, 2.05) is 0 Å². The summed E-state index contributed by atoms with van der Waals surface area (Å²) in [6.45, 7) is 0. The number of rotatable bonds is 3. The number of anilines is 1. The van der Waals surface area contributed by atoms with Crippen molar-refractivity contribution in [2.24, 2.45) is 0 Å². The van der Waals surface area contributed by atoms with Crippen LogP contribution in [0.2, 0.25) is 10.0 Å². The van der Waals surface area contributed by atoms with Crippen molar-refractivity contribution in [2.45, 2.75) is 0 Å². The van der Waals surface area contributed by atoms with Crippen molar-refractivity contribution in [2.75, 3.05) is 12.8 Å². The molecule has 6 nitrogen and oxygen atoms in total. The maximum absolute atomic E-state index is 11.3. The first-order valence-corrected chi connectivity index (χ1v) is 6.10. The van der Waals surface area contributed by atoms with E-state index in [9.17, 15) is 4.79 Å². The van der Waals surface area contributed by atoms with Crippen LogP contribution in [0.5, 0.6) is 11.6 Å². The first-order chi connectivity index (χ1) is 9.51. The summed E-state index contributed by atoms with van der Waals surface area (Å²) >= 11 is 11.7. The predicted molar refractivity (Wildman–Crippen MR) is 74.3 cm³/mol. The molecule has 0 radical (unpaired) electrons. The summed E-state index contributed by atoms with van der Waals surface area (Å²) in [6.07, 6.45) is 1.36. The van der Waals surface area contributed by atoms with Crippen LogP contribution in [0.25, 0.3) is 0 Å². The number of hydrogen-bond donors (Lipinski definition) is 1. The number of nitrogens with zero attached hydrogens (tertiary/aromatic N) is 2. The third kappa shape index (κ3) is 3.09. The fourth-order valence-electron chi connectivity index (χ4n) is 1.33. The van der Waals surface area contributed by atoms with Crippen molar-refractivity contribution >= 4 is 34.9 Å². The fourth-order valence-corrected chi connectivity index (χ4v) is 1.66. The van der Waals surface area contributed by atoms with Gasteiger partial charge < -0.3 is 15.2 Å². The highest BCUT2D eigenvalue weighted by Gasteiger charge is 2.12. The minimum atomic E-state index is -0.669. The molecule has 0 bridgehead atoms. The summed E-state index contributed by atoms with van der Waals surface area (Å²) in [5.74, 6) is -0.388. The molecular weight excluding hydrogens is 305 g/mol. The van der Waals surface area contributed by atoms with Gasteiger partial charge in [0.2, 0.25) is 11.7 Å². The van der Waals surface area contributed by atoms with Gasteiger partial charge in [-0.2, -0.15) is 4.98 Å². The lowest BCUT2D eigenvalue weighted by Crippen LogP contribution is -2.07. The second kappa shape index (κ2) is 5.94. The molecule has 2 aromatic rings. The molecule has 0 aliphatic carbocycles. The fraction of sp³-hybridized carbons (Fsp3) is 0.0833. The van der Waals surface area contributed by atoms with Crippen LogP contribution in [0.3, 0.4) is 0 Å². The Bertz CT molecular complexity index is 664. The molecule has 20 heavy (non-hydrogen) atoms. The van der Waals surface area contributed by atoms with Gasteiger partial charge in [0.15, 0.2) is 5.75 Å². The number of hydrogen-bond acceptors (Lipinski definition) is 6. The Balaban J connectivity index is 2.31. The van der Waals surface area contributed by atoms with E-state index in [1.165, 1.54) is 31.5 Å². The van der Waals surface area contributed by atoms with Crippen LogP contribution in [0, 0.1) is 0 Å². The van der Waals surface area contributed by atoms with Gasteiger partial charge in [-0.15, -0.1) is 0 Å². The average Bonchev–Trinajstić information content (AvgIpc) is 2.44. The molecule has 0 aliphatic rings. The van der Waals surface area contributed by atoms with Crippen molar-refractivity contribution < 1.29 is 14.3 Å². The third-order valence-corrected chi connectivity index (χ3v) is 2.99. The van der Waals surface area contributed by atoms with Gasteiger partial charge in [0.25, 0.3) is 0 Å². The summed E-state index contributed by atoms with van der Waals surface area (Å²) in [6, 6.07) is 4.38. The molecule has 0 saturated carbocycles. The Kier molecular flexibility index (Phi) is 4.26. The number of halogens is 2. The summed E-state index contributed by atoms with van der Waals surface area (Å²) in [5.41, 5.74) is 6.05. The third-order valence-electron chi connectivity index (χ3n) is 2.27. The number of benzene rings is 1. The summed E-state index contributed by atoms with van der Waals surface area (Å²) < 4.78 is 9.97. The molecule has 0 spiro atoms. The number of aromatic nitrogens is 2. The van der Waals surface area contributed by atoms with Crippen LogP contribution < -0.4 is 10.5 Å². The van der Waals surface area contributed by atoms with Crippen LogP contribution in [0.1, 0.15) is 10.6 Å². The zero-order valence-electron chi connectivity index (χ0n) is 10.3. The predicted octanol–water partition coefficient (Wildman–Crippen LogP) is 2.94. The van der Waals surface area contributed by atoms with Crippen molar-refractivity contribution in [1.29, 1.82) is 0 Å². The second-order valence-electron chi connectivity index (χ2n) is 3.62. The van der Waals surface area contributed by atoms with Crippen LogP contribution in [-0.2, 0) is 4.74 Å². The standard InChI is InChI=1S/C12H9Cl2N3O3/c1-19-12(18)11-16-3-2-10(17-11)20-9-5-7(14)6(13)4-8(9)15/h2-5H,15H2,1H3. The number of esters is 1. The van der Waals surface area contributed by atoms with E-state index in [2.05, 4.69) is 14.7 Å². The molecule has 0 fully saturated rings. The van der Waals surface area contributed by atoms with Crippen LogP contribution in [-0.4, -0.2) is 23.0 Å². The molecular formula is C12H9Cl2N3O3. The second-order valence-corrected chi connectivity index (χ2v) is 4.43. The highest BCUT2D eigenvalue weighted by atomic mass is 35.5. The lowest BCUT2D eigenvalue weighted by atomic mass is 10.3. The highest BCUT2D eigenvalue weighted by Crippen LogP contribution is 2.34. The van der Waals surface area contributed by atoms with Crippen molar-refractivity contribution in [1.82, 2.24) is 9.97 Å². The normalized spacial score (nSPS) is 10.2. The Morgan fingerprint density at radius 3 is 2.70 bits per heavy atom. The van der Waals surface area contributed by atoms with Crippen LogP contribution in [0.15, 0.2) is 24.4 Å². The van der Waals surface area contributed by atoms with E-state index < -0.39 is 5.97 Å². The quantitative estimate of drug-likeness (QED) is 0.692. The molecule has 1 aromatic heterocycles. The number of nitrogens with two attached hydrogens (primary N) is 1. The number of methoxy groups -OCH3 is 1. The number of carbonyl (C=O) groups excluding carboxylic acids is 1. The van der Waals surface area contributed by atoms with Gasteiger partial charge in [0.1, 0.15) is 0 Å². The summed E-state index contributed by atoms with van der Waals surface area (Å²) in [7, 11) is 1.23. The monoisotopic (exact) mass is 313 g/mol. The number of ether oxygens (including phenoxy) is 2. The SMILES string of the molecule is COC(=O)c1nccc(Oc2cc(Cl)c(Cl)cc2N)n1. The molecule has 0 saturated heterocycles. The molecule has 104 valence electrons. The van der Waals surface area contributed by atoms with E-state index in [1.54, 1.807) is 0 Å². The zero-order valence-corrected chi connectivity index (χ0v) is 11.8. The largest absolute Gasteiger partial charge is 0.463 e. The van der Waals surface area contributed by atoms with Gasteiger partial charge in [-0.05, 0) is 6.07 Å². The van der Waals surface area contributed by atoms with Crippen molar-refractivity contribution in [3.63, 3.8) is 0 Å². The highest BCUT2D eigenvalue weighted by molar-refractivity contribution is 6.42. The van der Waals surface area contributed by atoms with E-state index in [4.69, 9.17) is 33.7 Å². The molecule has 0 amide bonds. The van der Waals surface area contributed by atoms with Crippen LogP contribution >= 0.6 is 23.2 Å². The topological polar surface area (TPSA) is 87.3 Å². The van der Waals surface area contributed by atoms with Crippen molar-refractivity contribution in [3.05, 3.63) is 40.3 Å². The van der Waals surface area contributed by atoms with E-state index in [0.717, 1.165) is 0 Å². The molecule has 2 rings (SSSR count). The lowest BCUT2D eigenvalue weighted by molar-refractivity contribution is 0.0585. The Morgan fingerprint density at radius 1 is 1.30 bits per heavy atom. The molecule has 1 heterocycles. The van der Waals surface area contributed by atoms with Gasteiger partial charge in [0, 0.05) is 18.3 Å². The molecule has 0 aliphatic heterocycles. The molecule has 0 unspecified atom stereocenters.